The molecule has 1 N–H and O–H groups in total. The van der Waals surface area contributed by atoms with E-state index in [1.807, 2.05) is 5.38 Å². The van der Waals surface area contributed by atoms with Crippen LogP contribution in [-0.4, -0.2) is 16.2 Å². The summed E-state index contributed by atoms with van der Waals surface area (Å²) in [6.07, 6.45) is 9.13. The number of hydrogen-bond acceptors (Lipinski definition) is 3. The van der Waals surface area contributed by atoms with Crippen LogP contribution in [-0.2, 0) is 0 Å². The number of aromatic nitrogens is 1. The predicted molar refractivity (Wildman–Crippen MR) is 93.2 cm³/mol. The van der Waals surface area contributed by atoms with Gasteiger partial charge < -0.3 is 5.11 Å². The van der Waals surface area contributed by atoms with Crippen LogP contribution in [0.4, 0.5) is 4.39 Å². The summed E-state index contributed by atoms with van der Waals surface area (Å²) in [4.78, 5) is 4.08. The van der Waals surface area contributed by atoms with Crippen molar-refractivity contribution in [2.45, 2.75) is 77.5 Å². The van der Waals surface area contributed by atoms with Gasteiger partial charge in [0.05, 0.1) is 6.10 Å². The van der Waals surface area contributed by atoms with Crippen LogP contribution in [0.15, 0.2) is 11.6 Å². The largest absolute Gasteiger partial charge is 0.393 e. The van der Waals surface area contributed by atoms with Gasteiger partial charge in [0.2, 0.25) is 0 Å². The summed E-state index contributed by atoms with van der Waals surface area (Å²) in [5.74, 6) is 1.81. The zero-order valence-electron chi connectivity index (χ0n) is 14.4. The van der Waals surface area contributed by atoms with Crippen LogP contribution in [0.2, 0.25) is 0 Å². The Labute approximate surface area is 143 Å². The third-order valence-corrected chi connectivity index (χ3v) is 7.55. The Morgan fingerprint density at radius 3 is 2.96 bits per heavy atom. The highest BCUT2D eigenvalue weighted by Crippen LogP contribution is 2.58. The molecule has 0 radical (unpaired) electrons. The molecule has 1 aromatic heterocycles. The topological polar surface area (TPSA) is 33.1 Å². The molecule has 23 heavy (non-hydrogen) atoms. The first-order valence-corrected chi connectivity index (χ1v) is 10.1. The SMILES string of the molecule is CC(CCCC(F)c1nccs1)C1CCC2C(O)CCCC12C. The molecule has 6 unspecified atom stereocenters. The summed E-state index contributed by atoms with van der Waals surface area (Å²) < 4.78 is 14.1. The Balaban J connectivity index is 1.51. The maximum atomic E-state index is 14.1. The molecule has 0 bridgehead atoms. The first-order valence-electron chi connectivity index (χ1n) is 9.24. The number of rotatable bonds is 6. The lowest BCUT2D eigenvalue weighted by atomic mass is 9.61. The lowest BCUT2D eigenvalue weighted by Crippen LogP contribution is -2.41. The third-order valence-electron chi connectivity index (χ3n) is 6.69. The van der Waals surface area contributed by atoms with Crippen molar-refractivity contribution >= 4 is 11.3 Å². The normalized spacial score (nSPS) is 36.6. The summed E-state index contributed by atoms with van der Waals surface area (Å²) in [6, 6.07) is 0. The van der Waals surface area contributed by atoms with Crippen LogP contribution in [0.1, 0.15) is 76.4 Å². The average Bonchev–Trinajstić information content (AvgIpc) is 3.14. The molecule has 3 rings (SSSR count). The van der Waals surface area contributed by atoms with Crippen molar-refractivity contribution in [2.24, 2.45) is 23.2 Å². The predicted octanol–water partition coefficient (Wildman–Crippen LogP) is 5.54. The van der Waals surface area contributed by atoms with Crippen molar-refractivity contribution < 1.29 is 9.50 Å². The summed E-state index contributed by atoms with van der Waals surface area (Å²) in [5, 5.41) is 12.8. The number of halogens is 1. The summed E-state index contributed by atoms with van der Waals surface area (Å²) in [5.41, 5.74) is 0.307. The second kappa shape index (κ2) is 7.18. The fourth-order valence-electron chi connectivity index (χ4n) is 5.46. The van der Waals surface area contributed by atoms with E-state index >= 15 is 0 Å². The van der Waals surface area contributed by atoms with Gasteiger partial charge in [0, 0.05) is 11.6 Å². The van der Waals surface area contributed by atoms with Crippen LogP contribution < -0.4 is 0 Å². The molecular weight excluding hydrogens is 309 g/mol. The van der Waals surface area contributed by atoms with Crippen LogP contribution in [0.3, 0.4) is 0 Å². The minimum absolute atomic E-state index is 0.0916. The third kappa shape index (κ3) is 3.48. The van der Waals surface area contributed by atoms with Crippen LogP contribution in [0.5, 0.6) is 0 Å². The molecule has 1 aromatic rings. The molecule has 0 spiro atoms. The highest BCUT2D eigenvalue weighted by atomic mass is 32.1. The zero-order valence-corrected chi connectivity index (χ0v) is 15.2. The maximum Gasteiger partial charge on any atom is 0.151 e. The van der Waals surface area contributed by atoms with Crippen LogP contribution in [0.25, 0.3) is 0 Å². The van der Waals surface area contributed by atoms with Crippen LogP contribution >= 0.6 is 11.3 Å². The Morgan fingerprint density at radius 2 is 2.22 bits per heavy atom. The van der Waals surface area contributed by atoms with Gasteiger partial charge >= 0.3 is 0 Å². The highest BCUT2D eigenvalue weighted by molar-refractivity contribution is 7.09. The van der Waals surface area contributed by atoms with Crippen molar-refractivity contribution in [2.75, 3.05) is 0 Å². The molecule has 2 saturated carbocycles. The first-order chi connectivity index (χ1) is 11.0. The Kier molecular flexibility index (Phi) is 5.42. The Bertz CT molecular complexity index is 494. The number of aliphatic hydroxyl groups is 1. The van der Waals surface area contributed by atoms with E-state index in [4.69, 9.17) is 0 Å². The van der Waals surface area contributed by atoms with E-state index in [1.165, 1.54) is 30.6 Å². The number of nitrogens with zero attached hydrogens (tertiary/aromatic N) is 1. The minimum atomic E-state index is -0.898. The van der Waals surface area contributed by atoms with Crippen molar-refractivity contribution in [3.05, 3.63) is 16.6 Å². The van der Waals surface area contributed by atoms with Gasteiger partial charge in [-0.15, -0.1) is 11.3 Å². The van der Waals surface area contributed by atoms with Gasteiger partial charge in [-0.1, -0.05) is 26.7 Å². The van der Waals surface area contributed by atoms with Crippen molar-refractivity contribution in [3.63, 3.8) is 0 Å². The van der Waals surface area contributed by atoms with Crippen LogP contribution in [0, 0.1) is 23.2 Å². The van der Waals surface area contributed by atoms with Crippen molar-refractivity contribution in [1.29, 1.82) is 0 Å². The molecule has 0 aromatic carbocycles. The molecule has 2 fully saturated rings. The molecule has 2 nitrogen and oxygen atoms in total. The van der Waals surface area contributed by atoms with E-state index in [0.717, 1.165) is 25.7 Å². The van der Waals surface area contributed by atoms with E-state index < -0.39 is 6.17 Å². The molecular formula is C19H30FNOS. The zero-order chi connectivity index (χ0) is 16.4. The van der Waals surface area contributed by atoms with Gasteiger partial charge in [-0.05, 0) is 61.7 Å². The molecule has 4 heteroatoms. The summed E-state index contributed by atoms with van der Waals surface area (Å²) in [7, 11) is 0. The highest BCUT2D eigenvalue weighted by Gasteiger charge is 2.51. The number of thiazole rings is 1. The second-order valence-electron chi connectivity index (χ2n) is 8.00. The van der Waals surface area contributed by atoms with Gasteiger partial charge in [0.1, 0.15) is 5.01 Å². The quantitative estimate of drug-likeness (QED) is 0.738. The van der Waals surface area contributed by atoms with E-state index in [0.29, 0.717) is 34.6 Å². The molecule has 1 heterocycles. The number of fused-ring (bicyclic) bond motifs is 1. The van der Waals surface area contributed by atoms with E-state index in [1.54, 1.807) is 6.20 Å². The molecule has 2 aliphatic rings. The standard InChI is InChI=1S/C19H30FNOS/c1-13(5-3-6-16(20)18-21-11-12-23-18)14-8-9-15-17(22)7-4-10-19(14,15)2/h11-17,22H,3-10H2,1-2H3. The van der Waals surface area contributed by atoms with Crippen molar-refractivity contribution in [3.8, 4) is 0 Å². The lowest BCUT2D eigenvalue weighted by Gasteiger charge is -2.45. The van der Waals surface area contributed by atoms with E-state index in [2.05, 4.69) is 18.8 Å². The van der Waals surface area contributed by atoms with Gasteiger partial charge in [0.15, 0.2) is 6.17 Å². The Morgan fingerprint density at radius 1 is 1.39 bits per heavy atom. The summed E-state index contributed by atoms with van der Waals surface area (Å²) >= 11 is 1.42. The second-order valence-corrected chi connectivity index (χ2v) is 8.93. The average molecular weight is 340 g/mol. The number of aliphatic hydroxyl groups excluding tert-OH is 1. The monoisotopic (exact) mass is 339 g/mol. The fourth-order valence-corrected chi connectivity index (χ4v) is 6.11. The fraction of sp³-hybridized carbons (Fsp3) is 0.842. The number of alkyl halides is 1. The molecule has 130 valence electrons. The maximum absolute atomic E-state index is 14.1. The minimum Gasteiger partial charge on any atom is -0.393 e. The molecule has 2 aliphatic carbocycles. The summed E-state index contributed by atoms with van der Waals surface area (Å²) in [6.45, 7) is 4.75. The smallest absolute Gasteiger partial charge is 0.151 e. The van der Waals surface area contributed by atoms with Gasteiger partial charge in [-0.3, -0.25) is 0 Å². The van der Waals surface area contributed by atoms with Crippen molar-refractivity contribution in [1.82, 2.24) is 4.98 Å². The van der Waals surface area contributed by atoms with E-state index in [9.17, 15) is 9.50 Å². The van der Waals surface area contributed by atoms with E-state index in [-0.39, 0.29) is 6.10 Å². The Hall–Kier alpha value is -0.480. The molecule has 0 saturated heterocycles. The first kappa shape index (κ1) is 17.3. The van der Waals surface area contributed by atoms with Gasteiger partial charge in [-0.2, -0.15) is 0 Å². The lowest BCUT2D eigenvalue weighted by molar-refractivity contribution is -0.0279. The molecule has 6 atom stereocenters. The van der Waals surface area contributed by atoms with Gasteiger partial charge in [0.25, 0.3) is 0 Å². The van der Waals surface area contributed by atoms with Gasteiger partial charge in [-0.25, -0.2) is 9.37 Å². The molecule has 0 amide bonds. The number of hydrogen-bond donors (Lipinski definition) is 1. The molecule has 0 aliphatic heterocycles.